The zero-order chi connectivity index (χ0) is 18.0. The van der Waals surface area contributed by atoms with Crippen LogP contribution < -0.4 is 5.32 Å². The maximum Gasteiger partial charge on any atom is 0.258 e. The maximum absolute atomic E-state index is 12.7. The fourth-order valence-electron chi connectivity index (χ4n) is 2.32. The van der Waals surface area contributed by atoms with Gasteiger partial charge < -0.3 is 0 Å². The summed E-state index contributed by atoms with van der Waals surface area (Å²) in [5, 5.41) is 16.4. The Morgan fingerprint density at radius 3 is 3.00 bits per heavy atom. The van der Waals surface area contributed by atoms with Gasteiger partial charge >= 0.3 is 0 Å². The topological polar surface area (TPSA) is 85.6 Å². The van der Waals surface area contributed by atoms with Gasteiger partial charge in [-0.3, -0.25) is 10.1 Å². The van der Waals surface area contributed by atoms with E-state index >= 15 is 0 Å². The molecule has 3 aromatic rings. The van der Waals surface area contributed by atoms with Gasteiger partial charge in [-0.25, -0.2) is 9.67 Å². The molecule has 25 heavy (non-hydrogen) atoms. The summed E-state index contributed by atoms with van der Waals surface area (Å²) in [4.78, 5) is 17.2. The fourth-order valence-corrected chi connectivity index (χ4v) is 3.83. The Hall–Kier alpha value is -2.26. The molecular formula is C16H18N6OS2. The van der Waals surface area contributed by atoms with Gasteiger partial charge in [0.25, 0.3) is 5.91 Å². The normalized spacial score (nSPS) is 11.2. The van der Waals surface area contributed by atoms with Crippen LogP contribution in [0.3, 0.4) is 0 Å². The lowest BCUT2D eigenvalue weighted by Crippen LogP contribution is -2.13. The highest BCUT2D eigenvalue weighted by Crippen LogP contribution is 2.27. The average Bonchev–Trinajstić information content (AvgIpc) is 3.18. The van der Waals surface area contributed by atoms with Crippen molar-refractivity contribution in [2.24, 2.45) is 0 Å². The molecule has 0 fully saturated rings. The quantitative estimate of drug-likeness (QED) is 0.402. The number of thioether (sulfide) groups is 1. The molecule has 0 aliphatic rings. The van der Waals surface area contributed by atoms with Gasteiger partial charge in [0.05, 0.1) is 17.1 Å². The van der Waals surface area contributed by atoms with E-state index < -0.39 is 0 Å². The third-order valence-electron chi connectivity index (χ3n) is 3.38. The van der Waals surface area contributed by atoms with Crippen molar-refractivity contribution in [1.29, 1.82) is 0 Å². The van der Waals surface area contributed by atoms with Crippen molar-refractivity contribution in [1.82, 2.24) is 25.0 Å². The van der Waals surface area contributed by atoms with Gasteiger partial charge in [0.15, 0.2) is 9.99 Å². The number of aryl methyl sites for hydroxylation is 1. The van der Waals surface area contributed by atoms with Gasteiger partial charge in [-0.05, 0) is 26.8 Å². The molecule has 3 heterocycles. The third-order valence-corrected chi connectivity index (χ3v) is 5.35. The van der Waals surface area contributed by atoms with E-state index in [2.05, 4.69) is 32.2 Å². The summed E-state index contributed by atoms with van der Waals surface area (Å²) in [5.41, 5.74) is 2.00. The first-order chi connectivity index (χ1) is 12.0. The smallest absolute Gasteiger partial charge is 0.258 e. The van der Waals surface area contributed by atoms with Crippen LogP contribution in [0, 0.1) is 6.92 Å². The molecule has 3 aromatic heterocycles. The standard InChI is InChI=1S/C16H18N6OS2/c1-5-6-24-16-21-20-15(25-16)19-14(23)11-7-10(4)18-13-12(11)8-17-22(13)9(2)3/h5,7-9H,1,6H2,2-4H3,(H,19,20,23). The largest absolute Gasteiger partial charge is 0.296 e. The Morgan fingerprint density at radius 2 is 2.28 bits per heavy atom. The monoisotopic (exact) mass is 374 g/mol. The van der Waals surface area contributed by atoms with Crippen molar-refractivity contribution in [3.8, 4) is 0 Å². The minimum atomic E-state index is -0.241. The highest BCUT2D eigenvalue weighted by molar-refractivity contribution is 8.01. The van der Waals surface area contributed by atoms with E-state index in [1.165, 1.54) is 23.1 Å². The molecular weight excluding hydrogens is 356 g/mol. The number of pyridine rings is 1. The summed E-state index contributed by atoms with van der Waals surface area (Å²) in [7, 11) is 0. The fraction of sp³-hybridized carbons (Fsp3) is 0.312. The molecule has 0 spiro atoms. The summed E-state index contributed by atoms with van der Waals surface area (Å²) in [6.45, 7) is 9.59. The van der Waals surface area contributed by atoms with Crippen LogP contribution in [0.1, 0.15) is 35.9 Å². The molecule has 9 heteroatoms. The van der Waals surface area contributed by atoms with E-state index in [1.54, 1.807) is 18.3 Å². The number of aromatic nitrogens is 5. The van der Waals surface area contributed by atoms with Gasteiger partial charge in [-0.1, -0.05) is 29.2 Å². The second-order valence-electron chi connectivity index (χ2n) is 5.66. The number of nitrogens with one attached hydrogen (secondary N) is 1. The zero-order valence-electron chi connectivity index (χ0n) is 14.2. The molecule has 0 unspecified atom stereocenters. The number of carbonyl (C=O) groups excluding carboxylic acids is 1. The van der Waals surface area contributed by atoms with Crippen LogP contribution in [0.15, 0.2) is 29.3 Å². The number of fused-ring (bicyclic) bond motifs is 1. The summed E-state index contributed by atoms with van der Waals surface area (Å²) in [6.07, 6.45) is 3.48. The van der Waals surface area contributed by atoms with Crippen molar-refractivity contribution in [3.63, 3.8) is 0 Å². The minimum Gasteiger partial charge on any atom is -0.296 e. The number of anilines is 1. The second kappa shape index (κ2) is 7.32. The molecule has 3 rings (SSSR count). The predicted octanol–water partition coefficient (Wildman–Crippen LogP) is 3.70. The van der Waals surface area contributed by atoms with Crippen molar-refractivity contribution in [2.45, 2.75) is 31.2 Å². The van der Waals surface area contributed by atoms with Gasteiger partial charge in [0, 0.05) is 17.5 Å². The average molecular weight is 374 g/mol. The second-order valence-corrected chi connectivity index (χ2v) is 7.90. The predicted molar refractivity (Wildman–Crippen MR) is 101 cm³/mol. The van der Waals surface area contributed by atoms with Crippen LogP contribution >= 0.6 is 23.1 Å². The Kier molecular flexibility index (Phi) is 5.14. The molecule has 0 saturated carbocycles. The Labute approximate surface area is 153 Å². The summed E-state index contributed by atoms with van der Waals surface area (Å²) < 4.78 is 2.60. The number of hydrogen-bond donors (Lipinski definition) is 1. The SMILES string of the molecule is C=CCSc1nnc(NC(=O)c2cc(C)nc3c2cnn3C(C)C)s1. The first-order valence-electron chi connectivity index (χ1n) is 7.73. The highest BCUT2D eigenvalue weighted by atomic mass is 32.2. The van der Waals surface area contributed by atoms with E-state index in [9.17, 15) is 4.79 Å². The maximum atomic E-state index is 12.7. The summed E-state index contributed by atoms with van der Waals surface area (Å²) in [5.74, 6) is 0.511. The molecule has 0 atom stereocenters. The molecule has 130 valence electrons. The minimum absolute atomic E-state index is 0.162. The summed E-state index contributed by atoms with van der Waals surface area (Å²) in [6, 6.07) is 1.92. The van der Waals surface area contributed by atoms with Gasteiger partial charge in [0.2, 0.25) is 5.13 Å². The van der Waals surface area contributed by atoms with Crippen LogP contribution in [0.4, 0.5) is 5.13 Å². The van der Waals surface area contributed by atoms with E-state index in [4.69, 9.17) is 0 Å². The van der Waals surface area contributed by atoms with E-state index in [0.717, 1.165) is 21.2 Å². The van der Waals surface area contributed by atoms with Crippen LogP contribution in [0.2, 0.25) is 0 Å². The van der Waals surface area contributed by atoms with E-state index in [-0.39, 0.29) is 11.9 Å². The lowest BCUT2D eigenvalue weighted by molar-refractivity contribution is 0.102. The molecule has 0 aliphatic carbocycles. The lowest BCUT2D eigenvalue weighted by Gasteiger charge is -2.08. The first-order valence-corrected chi connectivity index (χ1v) is 9.53. The van der Waals surface area contributed by atoms with Gasteiger partial charge in [-0.2, -0.15) is 5.10 Å². The number of carbonyl (C=O) groups is 1. The zero-order valence-corrected chi connectivity index (χ0v) is 15.8. The van der Waals surface area contributed by atoms with Crippen LogP contribution in [-0.2, 0) is 0 Å². The number of amides is 1. The number of nitrogens with zero attached hydrogens (tertiary/aromatic N) is 5. The summed E-state index contributed by atoms with van der Waals surface area (Å²) >= 11 is 2.87. The Balaban J connectivity index is 1.89. The van der Waals surface area contributed by atoms with Crippen LogP contribution in [-0.4, -0.2) is 36.6 Å². The van der Waals surface area contributed by atoms with Gasteiger partial charge in [0.1, 0.15) is 0 Å². The Bertz CT molecular complexity index is 930. The van der Waals surface area contributed by atoms with Crippen molar-refractivity contribution in [2.75, 3.05) is 11.1 Å². The molecule has 1 amide bonds. The van der Waals surface area contributed by atoms with Crippen molar-refractivity contribution < 1.29 is 4.79 Å². The van der Waals surface area contributed by atoms with Crippen LogP contribution in [0.25, 0.3) is 11.0 Å². The van der Waals surface area contributed by atoms with E-state index in [0.29, 0.717) is 16.3 Å². The molecule has 1 N–H and O–H groups in total. The highest BCUT2D eigenvalue weighted by Gasteiger charge is 2.18. The van der Waals surface area contributed by atoms with E-state index in [1.807, 2.05) is 25.5 Å². The van der Waals surface area contributed by atoms with Gasteiger partial charge in [-0.15, -0.1) is 16.8 Å². The lowest BCUT2D eigenvalue weighted by atomic mass is 10.1. The molecule has 0 radical (unpaired) electrons. The molecule has 0 aliphatic heterocycles. The van der Waals surface area contributed by atoms with Crippen LogP contribution in [0.5, 0.6) is 0 Å². The number of hydrogen-bond acceptors (Lipinski definition) is 7. The molecule has 0 bridgehead atoms. The number of rotatable bonds is 6. The van der Waals surface area contributed by atoms with Crippen molar-refractivity contribution >= 4 is 45.2 Å². The third kappa shape index (κ3) is 3.72. The molecule has 0 saturated heterocycles. The first kappa shape index (κ1) is 17.6. The Morgan fingerprint density at radius 1 is 1.48 bits per heavy atom. The molecule has 0 aromatic carbocycles. The van der Waals surface area contributed by atoms with Crippen molar-refractivity contribution in [3.05, 3.63) is 36.2 Å². The molecule has 7 nitrogen and oxygen atoms in total.